The fourth-order valence-electron chi connectivity index (χ4n) is 3.19. The van der Waals surface area contributed by atoms with E-state index in [1.54, 1.807) is 6.07 Å². The van der Waals surface area contributed by atoms with Gasteiger partial charge in [0.25, 0.3) is 0 Å². The monoisotopic (exact) mass is 330 g/mol. The van der Waals surface area contributed by atoms with Gasteiger partial charge in [0.1, 0.15) is 5.82 Å². The van der Waals surface area contributed by atoms with Crippen LogP contribution in [0.25, 0.3) is 16.7 Å². The van der Waals surface area contributed by atoms with Crippen LogP contribution in [0.2, 0.25) is 0 Å². The lowest BCUT2D eigenvalue weighted by Crippen LogP contribution is -2.01. The normalized spacial score (nSPS) is 14.1. The van der Waals surface area contributed by atoms with E-state index >= 15 is 0 Å². The van der Waals surface area contributed by atoms with E-state index < -0.39 is 0 Å². The van der Waals surface area contributed by atoms with E-state index in [1.807, 2.05) is 39.0 Å². The van der Waals surface area contributed by atoms with Gasteiger partial charge < -0.3 is 0 Å². The van der Waals surface area contributed by atoms with Crippen LogP contribution in [0.5, 0.6) is 0 Å². The minimum Gasteiger partial charge on any atom is -0.206 e. The van der Waals surface area contributed by atoms with Crippen molar-refractivity contribution in [2.24, 2.45) is 0 Å². The third kappa shape index (κ3) is 2.94. The van der Waals surface area contributed by atoms with Crippen LogP contribution in [0.3, 0.4) is 0 Å². The third-order valence-corrected chi connectivity index (χ3v) is 5.02. The van der Waals surface area contributed by atoms with Crippen LogP contribution in [-0.2, 0) is 0 Å². The SMILES string of the molecule is C=C(C)c1c(C)c(-c2cc(SF)ccc2C)cc(C2CC2)c1F. The molecule has 0 spiro atoms. The molecule has 0 N–H and O–H groups in total. The molecule has 3 heteroatoms. The number of allylic oxidation sites excluding steroid dienone is 1. The van der Waals surface area contributed by atoms with Crippen molar-refractivity contribution in [1.29, 1.82) is 0 Å². The van der Waals surface area contributed by atoms with Gasteiger partial charge in [0.2, 0.25) is 0 Å². The highest BCUT2D eigenvalue weighted by atomic mass is 32.2. The van der Waals surface area contributed by atoms with Crippen molar-refractivity contribution in [2.45, 2.75) is 44.4 Å². The molecule has 1 aliphatic carbocycles. The molecule has 0 nitrogen and oxygen atoms in total. The molecule has 1 fully saturated rings. The van der Waals surface area contributed by atoms with Gasteiger partial charge in [-0.25, -0.2) is 4.39 Å². The van der Waals surface area contributed by atoms with Crippen LogP contribution in [0.15, 0.2) is 35.7 Å². The summed E-state index contributed by atoms with van der Waals surface area (Å²) >= 11 is 0.237. The number of hydrogen-bond acceptors (Lipinski definition) is 1. The molecule has 1 saturated carbocycles. The van der Waals surface area contributed by atoms with Gasteiger partial charge in [-0.05, 0) is 91.1 Å². The molecule has 0 radical (unpaired) electrons. The summed E-state index contributed by atoms with van der Waals surface area (Å²) < 4.78 is 27.9. The van der Waals surface area contributed by atoms with Crippen molar-refractivity contribution in [3.05, 3.63) is 58.9 Å². The molecule has 0 aliphatic heterocycles. The van der Waals surface area contributed by atoms with Crippen LogP contribution in [0.1, 0.15) is 47.9 Å². The molecule has 0 aromatic heterocycles. The molecule has 0 heterocycles. The van der Waals surface area contributed by atoms with Crippen molar-refractivity contribution in [2.75, 3.05) is 0 Å². The first-order valence-electron chi connectivity index (χ1n) is 7.82. The topological polar surface area (TPSA) is 0 Å². The van der Waals surface area contributed by atoms with Gasteiger partial charge in [-0.1, -0.05) is 12.6 Å². The second-order valence-electron chi connectivity index (χ2n) is 6.44. The maximum absolute atomic E-state index is 14.9. The lowest BCUT2D eigenvalue weighted by Gasteiger charge is -2.18. The number of benzene rings is 2. The first-order chi connectivity index (χ1) is 10.9. The summed E-state index contributed by atoms with van der Waals surface area (Å²) in [5.41, 5.74) is 6.02. The fourth-order valence-corrected chi connectivity index (χ4v) is 3.47. The van der Waals surface area contributed by atoms with Crippen molar-refractivity contribution in [1.82, 2.24) is 0 Å². The van der Waals surface area contributed by atoms with E-state index in [0.29, 0.717) is 16.4 Å². The summed E-state index contributed by atoms with van der Waals surface area (Å²) in [7, 11) is 0. The third-order valence-electron chi connectivity index (χ3n) is 4.58. The van der Waals surface area contributed by atoms with E-state index in [-0.39, 0.29) is 18.0 Å². The first-order valence-corrected chi connectivity index (χ1v) is 8.54. The van der Waals surface area contributed by atoms with Gasteiger partial charge >= 0.3 is 0 Å². The van der Waals surface area contributed by atoms with E-state index in [4.69, 9.17) is 0 Å². The standard InChI is InChI=1S/C20H20F2S/c1-11(2)19-13(4)17(10-18(20(19)21)14-6-7-14)16-9-15(23-22)8-5-12(16)3/h5,8-10,14H,1,6-7H2,2-4H3. The average molecular weight is 330 g/mol. The smallest absolute Gasteiger partial charge is 0.134 e. The molecule has 120 valence electrons. The summed E-state index contributed by atoms with van der Waals surface area (Å²) in [4.78, 5) is 0.569. The maximum Gasteiger partial charge on any atom is 0.134 e. The highest BCUT2D eigenvalue weighted by molar-refractivity contribution is 7.94. The first kappa shape index (κ1) is 16.3. The van der Waals surface area contributed by atoms with Gasteiger partial charge in [0.15, 0.2) is 0 Å². The molecule has 1 aliphatic rings. The Morgan fingerprint density at radius 2 is 1.87 bits per heavy atom. The number of hydrogen-bond donors (Lipinski definition) is 0. The Labute approximate surface area is 140 Å². The van der Waals surface area contributed by atoms with Gasteiger partial charge in [0.05, 0.1) is 12.1 Å². The van der Waals surface area contributed by atoms with E-state index in [2.05, 4.69) is 6.58 Å². The summed E-state index contributed by atoms with van der Waals surface area (Å²) in [6, 6.07) is 7.49. The Morgan fingerprint density at radius 1 is 1.17 bits per heavy atom. The molecule has 23 heavy (non-hydrogen) atoms. The van der Waals surface area contributed by atoms with Crippen molar-refractivity contribution < 1.29 is 8.28 Å². The lowest BCUT2D eigenvalue weighted by atomic mass is 9.88. The summed E-state index contributed by atoms with van der Waals surface area (Å²) in [5.74, 6) is 0.182. The number of rotatable bonds is 4. The Hall–Kier alpha value is -1.61. The van der Waals surface area contributed by atoms with Crippen LogP contribution in [0, 0.1) is 19.7 Å². The largest absolute Gasteiger partial charge is 0.206 e. The Bertz CT molecular complexity index is 789. The van der Waals surface area contributed by atoms with Crippen LogP contribution >= 0.6 is 12.1 Å². The summed E-state index contributed by atoms with van der Waals surface area (Å²) in [5, 5.41) is 0. The zero-order chi connectivity index (χ0) is 16.7. The molecule has 3 rings (SSSR count). The van der Waals surface area contributed by atoms with Crippen LogP contribution in [0.4, 0.5) is 8.28 Å². The molecule has 0 atom stereocenters. The Balaban J connectivity index is 2.29. The van der Waals surface area contributed by atoms with E-state index in [0.717, 1.165) is 46.2 Å². The zero-order valence-corrected chi connectivity index (χ0v) is 14.5. The molecule has 0 unspecified atom stereocenters. The quantitative estimate of drug-likeness (QED) is 0.581. The maximum atomic E-state index is 14.9. The van der Waals surface area contributed by atoms with Crippen LogP contribution in [-0.4, -0.2) is 0 Å². The van der Waals surface area contributed by atoms with Crippen molar-refractivity contribution in [3.63, 3.8) is 0 Å². The number of halogens is 2. The van der Waals surface area contributed by atoms with E-state index in [9.17, 15) is 8.28 Å². The zero-order valence-electron chi connectivity index (χ0n) is 13.7. The second kappa shape index (κ2) is 6.12. The highest BCUT2D eigenvalue weighted by Gasteiger charge is 2.30. The van der Waals surface area contributed by atoms with Gasteiger partial charge in [-0.2, -0.15) is 3.89 Å². The molecule has 2 aromatic carbocycles. The molecular weight excluding hydrogens is 310 g/mol. The predicted octanol–water partition coefficient (Wildman–Crippen LogP) is 7.00. The van der Waals surface area contributed by atoms with Crippen LogP contribution < -0.4 is 0 Å². The minimum absolute atomic E-state index is 0.130. The predicted molar refractivity (Wildman–Crippen MR) is 95.0 cm³/mol. The van der Waals surface area contributed by atoms with Crippen molar-refractivity contribution in [3.8, 4) is 11.1 Å². The fraction of sp³-hybridized carbons (Fsp3) is 0.300. The summed E-state index contributed by atoms with van der Waals surface area (Å²) in [6.07, 6.45) is 2.07. The Morgan fingerprint density at radius 3 is 2.43 bits per heavy atom. The van der Waals surface area contributed by atoms with Gasteiger partial charge in [0, 0.05) is 10.5 Å². The average Bonchev–Trinajstić information content (AvgIpc) is 3.33. The van der Waals surface area contributed by atoms with Crippen molar-refractivity contribution >= 4 is 17.7 Å². The second-order valence-corrected chi connectivity index (χ2v) is 7.06. The molecule has 0 saturated heterocycles. The molecular formula is C20H20F2S. The lowest BCUT2D eigenvalue weighted by molar-refractivity contribution is 0.606. The van der Waals surface area contributed by atoms with E-state index in [1.165, 1.54) is 0 Å². The van der Waals surface area contributed by atoms with Gasteiger partial charge in [-0.15, -0.1) is 0 Å². The van der Waals surface area contributed by atoms with Gasteiger partial charge in [-0.3, -0.25) is 0 Å². The molecule has 2 aromatic rings. The minimum atomic E-state index is -0.130. The Kier molecular flexibility index (Phi) is 4.33. The highest BCUT2D eigenvalue weighted by Crippen LogP contribution is 2.46. The number of aryl methyl sites for hydroxylation is 1. The summed E-state index contributed by atoms with van der Waals surface area (Å²) in [6.45, 7) is 9.72. The molecule has 0 bridgehead atoms. The molecule has 0 amide bonds.